The van der Waals surface area contributed by atoms with E-state index < -0.39 is 5.79 Å². The largest absolute Gasteiger partial charge is 0.465 e. The fourth-order valence-corrected chi connectivity index (χ4v) is 5.66. The summed E-state index contributed by atoms with van der Waals surface area (Å²) in [6.45, 7) is 10.4. The van der Waals surface area contributed by atoms with Crippen LogP contribution in [0.1, 0.15) is 59.8 Å². The third kappa shape index (κ3) is 2.48. The van der Waals surface area contributed by atoms with Gasteiger partial charge in [-0.25, -0.2) is 0 Å². The van der Waals surface area contributed by atoms with Gasteiger partial charge in [-0.15, -0.1) is 0 Å². The molecule has 0 radical (unpaired) electrons. The van der Waals surface area contributed by atoms with Crippen LogP contribution in [0.15, 0.2) is 0 Å². The first kappa shape index (κ1) is 16.3. The highest BCUT2D eigenvalue weighted by molar-refractivity contribution is 5.65. The van der Waals surface area contributed by atoms with Gasteiger partial charge in [0.25, 0.3) is 0 Å². The fraction of sp³-hybridized carbons (Fsp3) is 0.944. The number of hydrogen-bond donors (Lipinski definition) is 0. The van der Waals surface area contributed by atoms with Gasteiger partial charge in [0, 0.05) is 13.3 Å². The number of esters is 1. The van der Waals surface area contributed by atoms with E-state index in [2.05, 4.69) is 20.8 Å². The zero-order valence-corrected chi connectivity index (χ0v) is 14.4. The van der Waals surface area contributed by atoms with E-state index in [0.717, 1.165) is 12.8 Å². The fourth-order valence-electron chi connectivity index (χ4n) is 5.66. The third-order valence-electron chi connectivity index (χ3n) is 6.61. The molecule has 0 aromatic rings. The van der Waals surface area contributed by atoms with Crippen LogP contribution in [0, 0.1) is 22.7 Å². The molecule has 3 atom stereocenters. The number of fused-ring (bicyclic) bond motifs is 1. The highest BCUT2D eigenvalue weighted by atomic mass is 16.7. The summed E-state index contributed by atoms with van der Waals surface area (Å²) in [5, 5.41) is 0. The monoisotopic (exact) mass is 310 g/mol. The molecular formula is C18H30O4. The van der Waals surface area contributed by atoms with Crippen LogP contribution < -0.4 is 0 Å². The smallest absolute Gasteiger partial charge is 0.302 e. The van der Waals surface area contributed by atoms with Gasteiger partial charge in [0.15, 0.2) is 5.79 Å². The topological polar surface area (TPSA) is 44.8 Å². The van der Waals surface area contributed by atoms with E-state index in [1.807, 2.05) is 0 Å². The van der Waals surface area contributed by atoms with Gasteiger partial charge in [-0.2, -0.15) is 0 Å². The van der Waals surface area contributed by atoms with E-state index in [0.29, 0.717) is 31.2 Å². The molecule has 126 valence electrons. The van der Waals surface area contributed by atoms with Crippen molar-refractivity contribution in [1.29, 1.82) is 0 Å². The molecule has 0 N–H and O–H groups in total. The van der Waals surface area contributed by atoms with Gasteiger partial charge in [0.1, 0.15) is 0 Å². The maximum atomic E-state index is 11.4. The van der Waals surface area contributed by atoms with E-state index in [9.17, 15) is 4.79 Å². The van der Waals surface area contributed by atoms with Crippen LogP contribution >= 0.6 is 0 Å². The van der Waals surface area contributed by atoms with E-state index in [1.165, 1.54) is 26.2 Å². The molecule has 4 heteroatoms. The Hall–Kier alpha value is -0.610. The van der Waals surface area contributed by atoms with Crippen LogP contribution in [0.2, 0.25) is 0 Å². The van der Waals surface area contributed by atoms with Crippen molar-refractivity contribution in [1.82, 2.24) is 0 Å². The Balaban J connectivity index is 1.93. The number of carbonyl (C=O) groups excluding carboxylic acids is 1. The average Bonchev–Trinajstić information content (AvgIpc) is 2.85. The Morgan fingerprint density at radius 1 is 1.14 bits per heavy atom. The molecule has 1 saturated heterocycles. The van der Waals surface area contributed by atoms with Gasteiger partial charge in [-0.3, -0.25) is 4.79 Å². The Morgan fingerprint density at radius 2 is 1.82 bits per heavy atom. The van der Waals surface area contributed by atoms with E-state index in [-0.39, 0.29) is 17.3 Å². The zero-order valence-electron chi connectivity index (χ0n) is 14.4. The summed E-state index contributed by atoms with van der Waals surface area (Å²) in [7, 11) is 0. The molecule has 0 aromatic heterocycles. The maximum absolute atomic E-state index is 11.4. The molecule has 3 aliphatic rings. The molecule has 3 fully saturated rings. The number of ether oxygens (including phenoxy) is 3. The van der Waals surface area contributed by atoms with Gasteiger partial charge in [-0.05, 0) is 36.0 Å². The summed E-state index contributed by atoms with van der Waals surface area (Å²) in [5.41, 5.74) is 0.446. The molecule has 0 unspecified atom stereocenters. The van der Waals surface area contributed by atoms with Crippen molar-refractivity contribution in [3.05, 3.63) is 0 Å². The summed E-state index contributed by atoms with van der Waals surface area (Å²) in [4.78, 5) is 11.4. The third-order valence-corrected chi connectivity index (χ3v) is 6.61. The second-order valence-electron chi connectivity index (χ2n) is 8.30. The van der Waals surface area contributed by atoms with Crippen LogP contribution in [-0.4, -0.2) is 31.6 Å². The Bertz CT molecular complexity index is 438. The van der Waals surface area contributed by atoms with E-state index in [1.54, 1.807) is 0 Å². The second-order valence-corrected chi connectivity index (χ2v) is 8.30. The highest BCUT2D eigenvalue weighted by Gasteiger charge is 2.62. The predicted molar refractivity (Wildman–Crippen MR) is 83.2 cm³/mol. The Labute approximate surface area is 133 Å². The van der Waals surface area contributed by atoms with Crippen LogP contribution in [-0.2, 0) is 19.0 Å². The van der Waals surface area contributed by atoms with Crippen LogP contribution in [0.5, 0.6) is 0 Å². The molecule has 2 saturated carbocycles. The van der Waals surface area contributed by atoms with Gasteiger partial charge in [0.2, 0.25) is 0 Å². The van der Waals surface area contributed by atoms with Crippen LogP contribution in [0.25, 0.3) is 0 Å². The van der Waals surface area contributed by atoms with Crippen molar-refractivity contribution in [2.75, 3.05) is 19.8 Å². The van der Waals surface area contributed by atoms with Crippen LogP contribution in [0.4, 0.5) is 0 Å². The van der Waals surface area contributed by atoms with Crippen molar-refractivity contribution in [2.24, 2.45) is 22.7 Å². The van der Waals surface area contributed by atoms with Gasteiger partial charge < -0.3 is 14.2 Å². The quantitative estimate of drug-likeness (QED) is 0.732. The molecule has 0 amide bonds. The van der Waals surface area contributed by atoms with Gasteiger partial charge in [-0.1, -0.05) is 27.2 Å². The first-order valence-corrected chi connectivity index (χ1v) is 8.71. The minimum absolute atomic E-state index is 0.111. The minimum atomic E-state index is -0.534. The lowest BCUT2D eigenvalue weighted by Gasteiger charge is -2.60. The summed E-state index contributed by atoms with van der Waals surface area (Å²) in [6.07, 6.45) is 5.74. The van der Waals surface area contributed by atoms with E-state index >= 15 is 0 Å². The van der Waals surface area contributed by atoms with Crippen molar-refractivity contribution < 1.29 is 19.0 Å². The van der Waals surface area contributed by atoms with Crippen molar-refractivity contribution in [3.63, 3.8) is 0 Å². The summed E-state index contributed by atoms with van der Waals surface area (Å²) < 4.78 is 17.6. The van der Waals surface area contributed by atoms with Crippen LogP contribution in [0.3, 0.4) is 0 Å². The Morgan fingerprint density at radius 3 is 2.45 bits per heavy atom. The van der Waals surface area contributed by atoms with Crippen molar-refractivity contribution in [2.45, 2.75) is 65.6 Å². The lowest BCUT2D eigenvalue weighted by molar-refractivity contribution is -0.279. The molecule has 0 aromatic carbocycles. The minimum Gasteiger partial charge on any atom is -0.465 e. The van der Waals surface area contributed by atoms with Gasteiger partial charge >= 0.3 is 5.97 Å². The first-order valence-electron chi connectivity index (χ1n) is 8.71. The molecule has 1 heterocycles. The molecule has 22 heavy (non-hydrogen) atoms. The zero-order chi connectivity index (χ0) is 16.0. The molecule has 2 aliphatic carbocycles. The number of hydrogen-bond acceptors (Lipinski definition) is 4. The number of carbonyl (C=O) groups is 1. The second kappa shape index (κ2) is 5.48. The summed E-state index contributed by atoms with van der Waals surface area (Å²) in [6, 6.07) is 0. The lowest BCUT2D eigenvalue weighted by Crippen LogP contribution is -2.60. The molecule has 4 nitrogen and oxygen atoms in total. The molecule has 0 bridgehead atoms. The maximum Gasteiger partial charge on any atom is 0.302 e. The predicted octanol–water partition coefficient (Wildman–Crippen LogP) is 3.54. The first-order chi connectivity index (χ1) is 10.3. The molecule has 1 spiro atoms. The molecule has 1 aliphatic heterocycles. The van der Waals surface area contributed by atoms with Crippen molar-refractivity contribution >= 4 is 5.97 Å². The SMILES string of the molecule is CC(=O)OC[C@H]1C2(CC[C@H]3C(C)(C)CCC[C@@]31C)OCCO2. The average molecular weight is 310 g/mol. The van der Waals surface area contributed by atoms with Gasteiger partial charge in [0.05, 0.1) is 25.7 Å². The lowest BCUT2D eigenvalue weighted by atomic mass is 9.47. The number of rotatable bonds is 2. The Kier molecular flexibility index (Phi) is 4.05. The summed E-state index contributed by atoms with van der Waals surface area (Å²) in [5.74, 6) is 0.0140. The standard InChI is InChI=1S/C18H30O4/c1-13(19)20-12-15-17(4)8-5-7-16(2,3)14(17)6-9-18(15)21-10-11-22-18/h14-15H,5-12H2,1-4H3/t14-,15+,17-/m0/s1. The molecular weight excluding hydrogens is 280 g/mol. The summed E-state index contributed by atoms with van der Waals surface area (Å²) >= 11 is 0. The highest BCUT2D eigenvalue weighted by Crippen LogP contribution is 2.63. The normalized spacial score (nSPS) is 39.5. The van der Waals surface area contributed by atoms with Crippen molar-refractivity contribution in [3.8, 4) is 0 Å². The van der Waals surface area contributed by atoms with E-state index in [4.69, 9.17) is 14.2 Å². The molecule has 3 rings (SSSR count).